The number of hydrogen-bond acceptors (Lipinski definition) is 6. The molecule has 5 rings (SSSR count). The van der Waals surface area contributed by atoms with Gasteiger partial charge in [0.25, 0.3) is 0 Å². The summed E-state index contributed by atoms with van der Waals surface area (Å²) in [6.45, 7) is 4.76. The summed E-state index contributed by atoms with van der Waals surface area (Å²) in [7, 11) is 0. The Kier molecular flexibility index (Phi) is 5.13. The second-order valence-electron chi connectivity index (χ2n) is 7.00. The summed E-state index contributed by atoms with van der Waals surface area (Å²) in [6.07, 6.45) is 3.82. The Labute approximate surface area is 182 Å². The third-order valence-electron chi connectivity index (χ3n) is 5.01. The van der Waals surface area contributed by atoms with E-state index in [2.05, 4.69) is 14.8 Å². The highest BCUT2D eigenvalue weighted by molar-refractivity contribution is 7.20. The maximum absolute atomic E-state index is 5.97. The van der Waals surface area contributed by atoms with Gasteiger partial charge in [-0.2, -0.15) is 0 Å². The first-order valence-electron chi connectivity index (χ1n) is 9.34. The van der Waals surface area contributed by atoms with Gasteiger partial charge in [-0.05, 0) is 23.8 Å². The van der Waals surface area contributed by atoms with Crippen molar-refractivity contribution >= 4 is 44.6 Å². The van der Waals surface area contributed by atoms with Crippen LogP contribution in [0, 0.1) is 0 Å². The molecule has 148 valence electrons. The van der Waals surface area contributed by atoms with Gasteiger partial charge in [0.2, 0.25) is 10.1 Å². The van der Waals surface area contributed by atoms with E-state index >= 15 is 0 Å². The van der Waals surface area contributed by atoms with Crippen LogP contribution in [0.5, 0.6) is 0 Å². The summed E-state index contributed by atoms with van der Waals surface area (Å²) in [5.74, 6) is 0. The number of aromatic nitrogens is 4. The van der Waals surface area contributed by atoms with Gasteiger partial charge < -0.3 is 4.90 Å². The Morgan fingerprint density at radius 3 is 2.45 bits per heavy atom. The number of pyridine rings is 1. The molecular formula is C20H18Cl2N6S. The molecule has 9 heteroatoms. The van der Waals surface area contributed by atoms with Crippen molar-refractivity contribution in [3.8, 4) is 11.3 Å². The van der Waals surface area contributed by atoms with Gasteiger partial charge in [-0.15, -0.1) is 5.10 Å². The number of benzene rings is 1. The topological polar surface area (TPSA) is 49.6 Å². The van der Waals surface area contributed by atoms with Gasteiger partial charge in [-0.25, -0.2) is 14.5 Å². The van der Waals surface area contributed by atoms with E-state index in [9.17, 15) is 0 Å². The lowest BCUT2D eigenvalue weighted by Crippen LogP contribution is -2.46. The minimum absolute atomic E-state index is 0.534. The molecule has 0 bridgehead atoms. The van der Waals surface area contributed by atoms with Crippen molar-refractivity contribution in [3.63, 3.8) is 0 Å². The van der Waals surface area contributed by atoms with Crippen molar-refractivity contribution in [3.05, 3.63) is 64.5 Å². The van der Waals surface area contributed by atoms with Gasteiger partial charge in [-0.3, -0.25) is 4.90 Å². The van der Waals surface area contributed by atoms with E-state index in [1.807, 2.05) is 53.3 Å². The molecule has 0 spiro atoms. The van der Waals surface area contributed by atoms with Crippen LogP contribution in [0.4, 0.5) is 5.13 Å². The number of hydrogen-bond donors (Lipinski definition) is 0. The van der Waals surface area contributed by atoms with Crippen molar-refractivity contribution in [1.82, 2.24) is 24.5 Å². The zero-order chi connectivity index (χ0) is 19.8. The normalized spacial score (nSPS) is 15.3. The number of halogens is 2. The molecule has 0 atom stereocenters. The second-order valence-corrected chi connectivity index (χ2v) is 8.76. The molecule has 1 fully saturated rings. The second kappa shape index (κ2) is 7.91. The first kappa shape index (κ1) is 18.8. The maximum atomic E-state index is 5.97. The predicted octanol–water partition coefficient (Wildman–Crippen LogP) is 4.48. The lowest BCUT2D eigenvalue weighted by Gasteiger charge is -2.34. The Morgan fingerprint density at radius 1 is 0.966 bits per heavy atom. The van der Waals surface area contributed by atoms with Crippen molar-refractivity contribution < 1.29 is 0 Å². The molecule has 1 aliphatic rings. The SMILES string of the molecule is Clc1ccc(-c2cn3nc(N4CCN(Cc5ccc(Cl)nc5)CC4)sc3n2)cc1. The molecule has 4 heterocycles. The first-order valence-corrected chi connectivity index (χ1v) is 10.9. The molecule has 1 saturated heterocycles. The highest BCUT2D eigenvalue weighted by Crippen LogP contribution is 2.28. The predicted molar refractivity (Wildman–Crippen MR) is 118 cm³/mol. The number of nitrogens with zero attached hydrogens (tertiary/aromatic N) is 6. The van der Waals surface area contributed by atoms with Gasteiger partial charge in [0.1, 0.15) is 5.15 Å². The molecule has 3 aromatic heterocycles. The highest BCUT2D eigenvalue weighted by atomic mass is 35.5. The van der Waals surface area contributed by atoms with Gasteiger partial charge in [0, 0.05) is 49.5 Å². The molecule has 0 unspecified atom stereocenters. The zero-order valence-corrected chi connectivity index (χ0v) is 17.8. The molecule has 29 heavy (non-hydrogen) atoms. The van der Waals surface area contributed by atoms with Crippen LogP contribution in [-0.4, -0.2) is 50.7 Å². The minimum Gasteiger partial charge on any atom is -0.344 e. The molecule has 0 amide bonds. The summed E-state index contributed by atoms with van der Waals surface area (Å²) in [6, 6.07) is 11.6. The van der Waals surface area contributed by atoms with Gasteiger partial charge >= 0.3 is 0 Å². The van der Waals surface area contributed by atoms with Crippen LogP contribution in [0.2, 0.25) is 10.2 Å². The molecule has 1 aliphatic heterocycles. The van der Waals surface area contributed by atoms with Crippen LogP contribution in [0.25, 0.3) is 16.2 Å². The van der Waals surface area contributed by atoms with Crippen molar-refractivity contribution in [2.75, 3.05) is 31.1 Å². The monoisotopic (exact) mass is 444 g/mol. The van der Waals surface area contributed by atoms with Crippen molar-refractivity contribution in [1.29, 1.82) is 0 Å². The lowest BCUT2D eigenvalue weighted by atomic mass is 10.2. The first-order chi connectivity index (χ1) is 14.1. The smallest absolute Gasteiger partial charge is 0.214 e. The summed E-state index contributed by atoms with van der Waals surface area (Å²) in [4.78, 5) is 14.6. The van der Waals surface area contributed by atoms with Crippen LogP contribution >= 0.6 is 34.5 Å². The summed E-state index contributed by atoms with van der Waals surface area (Å²) >= 11 is 13.5. The van der Waals surface area contributed by atoms with Gasteiger partial charge in [0.15, 0.2) is 0 Å². The van der Waals surface area contributed by atoms with Crippen molar-refractivity contribution in [2.24, 2.45) is 0 Å². The lowest BCUT2D eigenvalue weighted by molar-refractivity contribution is 0.249. The van der Waals surface area contributed by atoms with Crippen LogP contribution in [-0.2, 0) is 6.54 Å². The van der Waals surface area contributed by atoms with Crippen LogP contribution < -0.4 is 4.90 Å². The van der Waals surface area contributed by atoms with E-state index in [1.165, 1.54) is 5.56 Å². The third-order valence-corrected chi connectivity index (χ3v) is 6.47. The molecule has 6 nitrogen and oxygen atoms in total. The third kappa shape index (κ3) is 4.09. The largest absolute Gasteiger partial charge is 0.344 e. The van der Waals surface area contributed by atoms with Gasteiger partial charge in [0.05, 0.1) is 11.9 Å². The average Bonchev–Trinajstić information content (AvgIpc) is 3.30. The van der Waals surface area contributed by atoms with E-state index in [4.69, 9.17) is 33.3 Å². The van der Waals surface area contributed by atoms with E-state index in [-0.39, 0.29) is 0 Å². The molecule has 0 N–H and O–H groups in total. The number of anilines is 1. The fourth-order valence-electron chi connectivity index (χ4n) is 3.43. The molecular weight excluding hydrogens is 427 g/mol. The molecule has 1 aromatic carbocycles. The summed E-state index contributed by atoms with van der Waals surface area (Å²) < 4.78 is 1.87. The molecule has 0 saturated carbocycles. The highest BCUT2D eigenvalue weighted by Gasteiger charge is 2.21. The van der Waals surface area contributed by atoms with E-state index in [0.29, 0.717) is 5.15 Å². The zero-order valence-electron chi connectivity index (χ0n) is 15.5. The van der Waals surface area contributed by atoms with Crippen molar-refractivity contribution in [2.45, 2.75) is 6.54 Å². The molecule has 0 aliphatic carbocycles. The number of rotatable bonds is 4. The molecule has 4 aromatic rings. The van der Waals surface area contributed by atoms with E-state index in [1.54, 1.807) is 11.3 Å². The Bertz CT molecular complexity index is 1080. The minimum atomic E-state index is 0.534. The quantitative estimate of drug-likeness (QED) is 0.434. The van der Waals surface area contributed by atoms with Crippen LogP contribution in [0.3, 0.4) is 0 Å². The summed E-state index contributed by atoms with van der Waals surface area (Å²) in [5.41, 5.74) is 3.14. The fraction of sp³-hybridized carbons (Fsp3) is 0.250. The van der Waals surface area contributed by atoms with Crippen LogP contribution in [0.1, 0.15) is 5.56 Å². The average molecular weight is 445 g/mol. The van der Waals surface area contributed by atoms with E-state index in [0.717, 1.165) is 59.1 Å². The number of fused-ring (bicyclic) bond motifs is 1. The van der Waals surface area contributed by atoms with Gasteiger partial charge in [-0.1, -0.05) is 52.7 Å². The maximum Gasteiger partial charge on any atom is 0.214 e. The Morgan fingerprint density at radius 2 is 1.76 bits per heavy atom. The Hall–Kier alpha value is -2.19. The molecule has 0 radical (unpaired) electrons. The summed E-state index contributed by atoms with van der Waals surface area (Å²) in [5, 5.41) is 7.02. The number of piperazine rings is 1. The fourth-order valence-corrected chi connectivity index (χ4v) is 4.61. The Balaban J connectivity index is 1.24. The van der Waals surface area contributed by atoms with E-state index < -0.39 is 0 Å². The van der Waals surface area contributed by atoms with Crippen LogP contribution in [0.15, 0.2) is 48.8 Å². The number of imidazole rings is 1. The standard InChI is InChI=1S/C20H18Cl2N6S/c21-16-4-2-15(3-5-16)17-13-28-19(24-17)29-20(25-28)27-9-7-26(8-10-27)12-14-1-6-18(22)23-11-14/h1-6,11,13H,7-10,12H2.